The Morgan fingerprint density at radius 1 is 0.893 bits per heavy atom. The third-order valence-electron chi connectivity index (χ3n) is 5.37. The highest BCUT2D eigenvalue weighted by molar-refractivity contribution is 6.08. The van der Waals surface area contributed by atoms with E-state index < -0.39 is 11.1 Å². The monoisotopic (exact) mass is 373 g/mol. The largest absolute Gasteiger partial charge is 0.269 e. The number of rotatable bonds is 4. The standard InChI is InChI=1S/C22H16FN3O2/c23-18-9-5-4-8-17(18)22-24-19(14-6-2-1-3-7-14)21-20(25(21)22)15-10-12-16(13-11-15)26(27)28/h1-13,20-22H/t20-,21-,22+,25?/m0/s1. The van der Waals surface area contributed by atoms with Crippen molar-refractivity contribution in [1.29, 1.82) is 0 Å². The van der Waals surface area contributed by atoms with E-state index in [4.69, 9.17) is 4.99 Å². The summed E-state index contributed by atoms with van der Waals surface area (Å²) >= 11 is 0. The molecule has 2 heterocycles. The molecule has 2 aliphatic rings. The van der Waals surface area contributed by atoms with Crippen LogP contribution in [0.25, 0.3) is 0 Å². The van der Waals surface area contributed by atoms with E-state index in [2.05, 4.69) is 4.90 Å². The first kappa shape index (κ1) is 16.8. The number of benzene rings is 3. The smallest absolute Gasteiger partial charge is 0.263 e. The molecule has 0 bridgehead atoms. The van der Waals surface area contributed by atoms with Crippen LogP contribution >= 0.6 is 0 Å². The lowest BCUT2D eigenvalue weighted by Crippen LogP contribution is -2.09. The maximum absolute atomic E-state index is 14.5. The lowest BCUT2D eigenvalue weighted by Gasteiger charge is -2.15. The molecule has 5 nitrogen and oxygen atoms in total. The van der Waals surface area contributed by atoms with Crippen molar-refractivity contribution in [2.24, 2.45) is 4.99 Å². The lowest BCUT2D eigenvalue weighted by atomic mass is 10.0. The number of nitro benzene ring substituents is 1. The Morgan fingerprint density at radius 2 is 1.57 bits per heavy atom. The molecule has 6 heteroatoms. The SMILES string of the molecule is O=[N+]([O-])c1ccc([C@H]2[C@@H]3C(c4ccccc4)=N[C@@H](c4ccccc4F)N32)cc1. The van der Waals surface area contributed by atoms with Crippen molar-refractivity contribution in [2.45, 2.75) is 18.2 Å². The molecular weight excluding hydrogens is 357 g/mol. The Labute approximate surface area is 160 Å². The molecule has 3 aromatic rings. The van der Waals surface area contributed by atoms with E-state index in [1.807, 2.05) is 36.4 Å². The topological polar surface area (TPSA) is 58.5 Å². The molecule has 2 aliphatic heterocycles. The van der Waals surface area contributed by atoms with Gasteiger partial charge in [0, 0.05) is 17.7 Å². The second-order valence-electron chi connectivity index (χ2n) is 6.96. The van der Waals surface area contributed by atoms with Gasteiger partial charge in [-0.05, 0) is 17.2 Å². The van der Waals surface area contributed by atoms with Gasteiger partial charge in [0.1, 0.15) is 12.0 Å². The fraction of sp³-hybridized carbons (Fsp3) is 0.136. The normalized spacial score (nSPS) is 25.1. The molecule has 0 radical (unpaired) electrons. The molecule has 0 N–H and O–H groups in total. The minimum absolute atomic E-state index is 0.0260. The molecule has 138 valence electrons. The second-order valence-corrected chi connectivity index (χ2v) is 6.96. The van der Waals surface area contributed by atoms with E-state index in [0.717, 1.165) is 16.8 Å². The first-order chi connectivity index (χ1) is 13.6. The molecule has 0 amide bonds. The molecule has 1 unspecified atom stereocenters. The van der Waals surface area contributed by atoms with Gasteiger partial charge in [0.15, 0.2) is 0 Å². The van der Waals surface area contributed by atoms with E-state index in [9.17, 15) is 14.5 Å². The summed E-state index contributed by atoms with van der Waals surface area (Å²) in [5.41, 5.74) is 3.52. The first-order valence-electron chi connectivity index (χ1n) is 9.04. The van der Waals surface area contributed by atoms with Crippen molar-refractivity contribution in [2.75, 3.05) is 0 Å². The maximum atomic E-state index is 14.5. The van der Waals surface area contributed by atoms with Crippen molar-refractivity contribution in [1.82, 2.24) is 4.90 Å². The zero-order valence-corrected chi connectivity index (χ0v) is 14.8. The second kappa shape index (κ2) is 6.35. The van der Waals surface area contributed by atoms with Gasteiger partial charge >= 0.3 is 0 Å². The highest BCUT2D eigenvalue weighted by Gasteiger charge is 2.59. The zero-order valence-electron chi connectivity index (χ0n) is 14.8. The lowest BCUT2D eigenvalue weighted by molar-refractivity contribution is -0.384. The van der Waals surface area contributed by atoms with Crippen LogP contribution in [0.1, 0.15) is 28.9 Å². The van der Waals surface area contributed by atoms with Gasteiger partial charge in [0.05, 0.1) is 22.7 Å². The van der Waals surface area contributed by atoms with Crippen LogP contribution in [0.15, 0.2) is 83.9 Å². The van der Waals surface area contributed by atoms with Crippen LogP contribution in [0.4, 0.5) is 10.1 Å². The Balaban J connectivity index is 1.55. The highest BCUT2D eigenvalue weighted by atomic mass is 19.1. The van der Waals surface area contributed by atoms with Crippen LogP contribution < -0.4 is 0 Å². The van der Waals surface area contributed by atoms with Crippen molar-refractivity contribution < 1.29 is 9.31 Å². The summed E-state index contributed by atoms with van der Waals surface area (Å²) in [5.74, 6) is -0.279. The van der Waals surface area contributed by atoms with Gasteiger partial charge in [0.25, 0.3) is 5.69 Å². The van der Waals surface area contributed by atoms with Crippen LogP contribution in [0.2, 0.25) is 0 Å². The van der Waals surface area contributed by atoms with E-state index in [0.29, 0.717) is 5.56 Å². The van der Waals surface area contributed by atoms with Crippen LogP contribution in [0, 0.1) is 15.9 Å². The molecule has 28 heavy (non-hydrogen) atoms. The van der Waals surface area contributed by atoms with E-state index >= 15 is 0 Å². The molecule has 3 aromatic carbocycles. The molecular formula is C22H16FN3O2. The Bertz CT molecular complexity index is 1080. The number of nitro groups is 1. The number of hydrogen-bond donors (Lipinski definition) is 0. The summed E-state index contributed by atoms with van der Waals surface area (Å²) in [4.78, 5) is 17.5. The van der Waals surface area contributed by atoms with Gasteiger partial charge in [-0.15, -0.1) is 0 Å². The molecule has 5 rings (SSSR count). The third-order valence-corrected chi connectivity index (χ3v) is 5.37. The van der Waals surface area contributed by atoms with Gasteiger partial charge in [0.2, 0.25) is 0 Å². The maximum Gasteiger partial charge on any atom is 0.269 e. The number of halogens is 1. The molecule has 0 spiro atoms. The average Bonchev–Trinajstić information content (AvgIpc) is 3.33. The zero-order chi connectivity index (χ0) is 19.3. The summed E-state index contributed by atoms with van der Waals surface area (Å²) in [7, 11) is 0. The Hall–Kier alpha value is -3.38. The number of fused-ring (bicyclic) bond motifs is 1. The van der Waals surface area contributed by atoms with Crippen molar-refractivity contribution in [3.8, 4) is 0 Å². The quantitative estimate of drug-likeness (QED) is 0.380. The summed E-state index contributed by atoms with van der Waals surface area (Å²) < 4.78 is 14.5. The summed E-state index contributed by atoms with van der Waals surface area (Å²) in [6.45, 7) is 0. The van der Waals surface area contributed by atoms with Crippen molar-refractivity contribution in [3.63, 3.8) is 0 Å². The minimum atomic E-state index is -0.406. The molecule has 0 saturated carbocycles. The van der Waals surface area contributed by atoms with Crippen LogP contribution in [-0.2, 0) is 0 Å². The summed E-state index contributed by atoms with van der Waals surface area (Å²) in [6.07, 6.45) is -0.401. The van der Waals surface area contributed by atoms with E-state index in [1.165, 1.54) is 18.2 Å². The predicted octanol–water partition coefficient (Wildman–Crippen LogP) is 4.66. The molecule has 0 aliphatic carbocycles. The van der Waals surface area contributed by atoms with E-state index in [-0.39, 0.29) is 23.6 Å². The van der Waals surface area contributed by atoms with Gasteiger partial charge < -0.3 is 0 Å². The van der Waals surface area contributed by atoms with Gasteiger partial charge in [-0.25, -0.2) is 4.39 Å². The van der Waals surface area contributed by atoms with Crippen molar-refractivity contribution >= 4 is 11.4 Å². The van der Waals surface area contributed by atoms with E-state index in [1.54, 1.807) is 24.3 Å². The molecule has 1 saturated heterocycles. The number of nitrogens with zero attached hydrogens (tertiary/aromatic N) is 3. The number of non-ortho nitro benzene ring substituents is 1. The van der Waals surface area contributed by atoms with Gasteiger partial charge in [-0.2, -0.15) is 0 Å². The molecule has 1 fully saturated rings. The summed E-state index contributed by atoms with van der Waals surface area (Å²) in [5, 5.41) is 10.9. The predicted molar refractivity (Wildman–Crippen MR) is 104 cm³/mol. The number of hydrogen-bond acceptors (Lipinski definition) is 4. The van der Waals surface area contributed by atoms with Crippen LogP contribution in [0.3, 0.4) is 0 Å². The molecule has 0 aromatic heterocycles. The summed E-state index contributed by atoms with van der Waals surface area (Å²) in [6, 6.07) is 23.2. The Morgan fingerprint density at radius 3 is 2.25 bits per heavy atom. The fourth-order valence-corrected chi connectivity index (χ4v) is 4.03. The minimum Gasteiger partial charge on any atom is -0.263 e. The highest BCUT2D eigenvalue weighted by Crippen LogP contribution is 2.56. The Kier molecular flexibility index (Phi) is 3.80. The van der Waals surface area contributed by atoms with Gasteiger partial charge in [-0.3, -0.25) is 20.0 Å². The van der Waals surface area contributed by atoms with Crippen LogP contribution in [-0.4, -0.2) is 21.6 Å². The third kappa shape index (κ3) is 2.61. The molecule has 4 atom stereocenters. The van der Waals surface area contributed by atoms with Crippen LogP contribution in [0.5, 0.6) is 0 Å². The average molecular weight is 373 g/mol. The first-order valence-corrected chi connectivity index (χ1v) is 9.04. The van der Waals surface area contributed by atoms with Gasteiger partial charge in [-0.1, -0.05) is 60.7 Å². The van der Waals surface area contributed by atoms with Crippen molar-refractivity contribution in [3.05, 3.63) is 111 Å². The fourth-order valence-electron chi connectivity index (χ4n) is 4.03. The number of aliphatic imine (C=N–C) groups is 1.